The van der Waals surface area contributed by atoms with Crippen molar-refractivity contribution in [2.75, 3.05) is 0 Å². The molecule has 27 heavy (non-hydrogen) atoms. The van der Waals surface area contributed by atoms with E-state index in [0.29, 0.717) is 17.8 Å². The van der Waals surface area contributed by atoms with Crippen molar-refractivity contribution in [1.29, 1.82) is 0 Å². The van der Waals surface area contributed by atoms with E-state index < -0.39 is 38.5 Å². The van der Waals surface area contributed by atoms with Gasteiger partial charge in [-0.15, -0.1) is 0 Å². The van der Waals surface area contributed by atoms with Gasteiger partial charge in [-0.1, -0.05) is 13.5 Å². The summed E-state index contributed by atoms with van der Waals surface area (Å²) < 4.78 is 21.2. The van der Waals surface area contributed by atoms with Gasteiger partial charge < -0.3 is 35.0 Å². The minimum Gasteiger partial charge on any atom is -0.387 e. The fourth-order valence-electron chi connectivity index (χ4n) is 2.90. The zero-order chi connectivity index (χ0) is 20.5. The standard InChI is InChI=1S/C15H24N3O8P/c1-5-10-6-18(8(3)16-14(10)17-9(4)19)15-12(21)11(20)13(25-15)7(2)26-27(22,23)24/h6-7,11-13,15,20-21H,3,5H2,1-2,4H3,(H,16,17,19)(H2,22,23,24)/t7?,11-,12+,13+,15+/m0/s1. The van der Waals surface area contributed by atoms with Gasteiger partial charge in [0.2, 0.25) is 5.91 Å². The minimum absolute atomic E-state index is 0.149. The van der Waals surface area contributed by atoms with E-state index in [1.807, 2.05) is 6.92 Å². The van der Waals surface area contributed by atoms with Gasteiger partial charge in [-0.05, 0) is 13.3 Å². The summed E-state index contributed by atoms with van der Waals surface area (Å²) in [6.45, 7) is 8.27. The molecule has 1 unspecified atom stereocenters. The van der Waals surface area contributed by atoms with Crippen molar-refractivity contribution >= 4 is 19.6 Å². The fraction of sp³-hybridized carbons (Fsp3) is 0.600. The Bertz CT molecular complexity index is 718. The van der Waals surface area contributed by atoms with E-state index >= 15 is 0 Å². The van der Waals surface area contributed by atoms with Crippen LogP contribution in [-0.2, 0) is 18.6 Å². The predicted molar refractivity (Wildman–Crippen MR) is 93.9 cm³/mol. The Labute approximate surface area is 156 Å². The number of nitrogens with zero attached hydrogens (tertiary/aromatic N) is 2. The summed E-state index contributed by atoms with van der Waals surface area (Å²) in [6, 6.07) is 0. The quantitative estimate of drug-likeness (QED) is 0.381. The second-order valence-electron chi connectivity index (χ2n) is 6.25. The third kappa shape index (κ3) is 5.02. The molecule has 0 aliphatic carbocycles. The third-order valence-corrected chi connectivity index (χ3v) is 4.74. The molecule has 0 saturated carbocycles. The molecular weight excluding hydrogens is 381 g/mol. The van der Waals surface area contributed by atoms with Crippen molar-refractivity contribution in [1.82, 2.24) is 10.2 Å². The zero-order valence-corrected chi connectivity index (χ0v) is 16.0. The first kappa shape index (κ1) is 21.7. The van der Waals surface area contributed by atoms with Crippen molar-refractivity contribution in [3.63, 3.8) is 0 Å². The van der Waals surface area contributed by atoms with E-state index in [2.05, 4.69) is 21.4 Å². The molecular formula is C15H24N3O8P. The van der Waals surface area contributed by atoms with E-state index in [1.54, 1.807) is 6.20 Å². The lowest BCUT2D eigenvalue weighted by molar-refractivity contribution is -0.117. The van der Waals surface area contributed by atoms with Crippen LogP contribution in [0.25, 0.3) is 0 Å². The third-order valence-electron chi connectivity index (χ3n) is 4.13. The summed E-state index contributed by atoms with van der Waals surface area (Å²) in [5, 5.41) is 23.2. The molecule has 0 bridgehead atoms. The molecule has 152 valence electrons. The lowest BCUT2D eigenvalue weighted by Gasteiger charge is -2.33. The summed E-state index contributed by atoms with van der Waals surface area (Å²) in [5.41, 5.74) is 0.644. The Balaban J connectivity index is 2.22. The van der Waals surface area contributed by atoms with Crippen molar-refractivity contribution < 1.29 is 38.6 Å². The number of hydrogen-bond donors (Lipinski definition) is 5. The highest BCUT2D eigenvalue weighted by Gasteiger charge is 2.49. The first-order chi connectivity index (χ1) is 12.4. The maximum absolute atomic E-state index is 11.3. The van der Waals surface area contributed by atoms with Crippen molar-refractivity contribution in [2.45, 2.75) is 57.8 Å². The number of aliphatic hydroxyl groups is 2. The summed E-state index contributed by atoms with van der Waals surface area (Å²) in [7, 11) is -4.80. The van der Waals surface area contributed by atoms with Gasteiger partial charge in [0.05, 0.1) is 6.10 Å². The van der Waals surface area contributed by atoms with Gasteiger partial charge in [-0.25, -0.2) is 9.56 Å². The predicted octanol–water partition coefficient (Wildman–Crippen LogP) is -0.454. The van der Waals surface area contributed by atoms with Crippen LogP contribution in [0.5, 0.6) is 0 Å². The highest BCUT2D eigenvalue weighted by Crippen LogP contribution is 2.41. The van der Waals surface area contributed by atoms with Crippen LogP contribution in [0.15, 0.2) is 29.2 Å². The first-order valence-electron chi connectivity index (χ1n) is 8.24. The topological polar surface area (TPSA) is 161 Å². The van der Waals surface area contributed by atoms with Crippen LogP contribution in [0.3, 0.4) is 0 Å². The SMILES string of the molecule is C=C1N=C(NC(C)=O)C(CC)=CN1[C@@H]1O[C@H](C(C)OP(=O)(O)O)[C@@H](O)[C@H]1O. The van der Waals surface area contributed by atoms with E-state index in [9.17, 15) is 19.6 Å². The van der Waals surface area contributed by atoms with Crippen molar-refractivity contribution in [3.8, 4) is 0 Å². The number of ether oxygens (including phenoxy) is 1. The van der Waals surface area contributed by atoms with Gasteiger partial charge in [0.15, 0.2) is 6.23 Å². The molecule has 11 nitrogen and oxygen atoms in total. The summed E-state index contributed by atoms with van der Waals surface area (Å²) in [4.78, 5) is 34.8. The summed E-state index contributed by atoms with van der Waals surface area (Å²) in [6.07, 6.45) is -4.27. The number of carbonyl (C=O) groups is 1. The van der Waals surface area contributed by atoms with Gasteiger partial charge in [0.1, 0.15) is 30.0 Å². The average molecular weight is 405 g/mol. The number of phosphoric ester groups is 1. The average Bonchev–Trinajstić information content (AvgIpc) is 2.81. The Hall–Kier alpha value is -1.59. The lowest BCUT2D eigenvalue weighted by atomic mass is 10.1. The summed E-state index contributed by atoms with van der Waals surface area (Å²) >= 11 is 0. The highest BCUT2D eigenvalue weighted by atomic mass is 31.2. The number of amides is 1. The molecule has 12 heteroatoms. The van der Waals surface area contributed by atoms with Crippen molar-refractivity contribution in [3.05, 3.63) is 24.2 Å². The van der Waals surface area contributed by atoms with Crippen LogP contribution in [0.2, 0.25) is 0 Å². The molecule has 5 N–H and O–H groups in total. The summed E-state index contributed by atoms with van der Waals surface area (Å²) in [5.74, 6) is 0.177. The number of amidine groups is 1. The van der Waals surface area contributed by atoms with Crippen LogP contribution >= 0.6 is 7.82 Å². The molecule has 1 fully saturated rings. The van der Waals surface area contributed by atoms with Crippen LogP contribution in [0, 0.1) is 0 Å². The van der Waals surface area contributed by atoms with E-state index in [0.717, 1.165) is 0 Å². The lowest BCUT2D eigenvalue weighted by Crippen LogP contribution is -2.43. The molecule has 2 rings (SSSR count). The fourth-order valence-corrected chi connectivity index (χ4v) is 3.45. The van der Waals surface area contributed by atoms with E-state index in [-0.39, 0.29) is 11.7 Å². The van der Waals surface area contributed by atoms with Crippen molar-refractivity contribution in [2.24, 2.45) is 4.99 Å². The number of carbonyl (C=O) groups excluding carboxylic acids is 1. The molecule has 2 aliphatic rings. The van der Waals surface area contributed by atoms with Gasteiger partial charge >= 0.3 is 7.82 Å². The number of phosphoric acid groups is 1. The second-order valence-corrected chi connectivity index (χ2v) is 7.44. The molecule has 0 aromatic carbocycles. The highest BCUT2D eigenvalue weighted by molar-refractivity contribution is 7.46. The minimum atomic E-state index is -4.80. The molecule has 1 amide bonds. The normalized spacial score (nSPS) is 30.0. The molecule has 0 aromatic heterocycles. The molecule has 0 spiro atoms. The maximum atomic E-state index is 11.3. The van der Waals surface area contributed by atoms with Crippen LogP contribution in [0.1, 0.15) is 27.2 Å². The van der Waals surface area contributed by atoms with Gasteiger partial charge in [-0.3, -0.25) is 9.32 Å². The molecule has 2 aliphatic heterocycles. The number of rotatable bonds is 5. The smallest absolute Gasteiger partial charge is 0.387 e. The molecule has 5 atom stereocenters. The van der Waals surface area contributed by atoms with Gasteiger partial charge in [0, 0.05) is 18.7 Å². The van der Waals surface area contributed by atoms with Crippen LogP contribution in [-0.4, -0.2) is 67.3 Å². The number of aliphatic imine (C=N–C) groups is 1. The largest absolute Gasteiger partial charge is 0.469 e. The number of aliphatic hydroxyl groups excluding tert-OH is 2. The van der Waals surface area contributed by atoms with E-state index in [1.165, 1.54) is 18.7 Å². The van der Waals surface area contributed by atoms with E-state index in [4.69, 9.17) is 14.5 Å². The zero-order valence-electron chi connectivity index (χ0n) is 15.1. The Morgan fingerprint density at radius 3 is 2.63 bits per heavy atom. The second kappa shape index (κ2) is 8.19. The molecule has 0 radical (unpaired) electrons. The molecule has 0 aromatic rings. The Morgan fingerprint density at radius 1 is 1.48 bits per heavy atom. The maximum Gasteiger partial charge on any atom is 0.469 e. The first-order valence-corrected chi connectivity index (χ1v) is 9.77. The van der Waals surface area contributed by atoms with Crippen LogP contribution < -0.4 is 5.32 Å². The number of hydrogen-bond acceptors (Lipinski definition) is 8. The monoisotopic (exact) mass is 405 g/mol. The Morgan fingerprint density at radius 2 is 2.11 bits per heavy atom. The van der Waals surface area contributed by atoms with Gasteiger partial charge in [0.25, 0.3) is 0 Å². The van der Waals surface area contributed by atoms with Crippen LogP contribution in [0.4, 0.5) is 0 Å². The Kier molecular flexibility index (Phi) is 6.59. The number of nitrogens with one attached hydrogen (secondary N) is 1. The molecule has 2 heterocycles. The molecule has 1 saturated heterocycles. The van der Waals surface area contributed by atoms with Gasteiger partial charge in [-0.2, -0.15) is 0 Å².